The zero-order valence-electron chi connectivity index (χ0n) is 15.7. The third-order valence-electron chi connectivity index (χ3n) is 5.55. The van der Waals surface area contributed by atoms with E-state index in [0.29, 0.717) is 12.5 Å². The number of nitrogens with one attached hydrogen (secondary N) is 2. The average molecular weight is 376 g/mol. The Morgan fingerprint density at radius 2 is 1.81 bits per heavy atom. The maximum Gasteiger partial charge on any atom is 0.313 e. The van der Waals surface area contributed by atoms with Gasteiger partial charge in [-0.05, 0) is 69.0 Å². The number of rotatable bonds is 4. The summed E-state index contributed by atoms with van der Waals surface area (Å²) in [5.74, 6) is 1.90. The second kappa shape index (κ2) is 8.91. The zero-order valence-corrected chi connectivity index (χ0v) is 16.5. The van der Waals surface area contributed by atoms with Crippen molar-refractivity contribution in [1.82, 2.24) is 10.2 Å². The summed E-state index contributed by atoms with van der Waals surface area (Å²) in [6.07, 6.45) is 3.50. The quantitative estimate of drug-likeness (QED) is 0.794. The number of hydrogen-bond acceptors (Lipinski definition) is 4. The number of aryl methyl sites for hydroxylation is 2. The largest absolute Gasteiger partial charge is 0.348 e. The number of benzene rings is 1. The minimum Gasteiger partial charge on any atom is -0.348 e. The van der Waals surface area contributed by atoms with E-state index in [9.17, 15) is 9.59 Å². The van der Waals surface area contributed by atoms with E-state index in [1.54, 1.807) is 0 Å². The van der Waals surface area contributed by atoms with Crippen LogP contribution in [0.4, 0.5) is 5.69 Å². The number of nitrogens with zero attached hydrogens (tertiary/aromatic N) is 1. The molecule has 1 aromatic rings. The van der Waals surface area contributed by atoms with Crippen LogP contribution in [0, 0.1) is 19.8 Å². The number of piperidine rings is 1. The summed E-state index contributed by atoms with van der Waals surface area (Å²) in [6.45, 7) is 6.67. The summed E-state index contributed by atoms with van der Waals surface area (Å²) in [7, 11) is 0. The van der Waals surface area contributed by atoms with Gasteiger partial charge in [-0.25, -0.2) is 0 Å². The summed E-state index contributed by atoms with van der Waals surface area (Å²) in [6, 6.07) is 6.55. The van der Waals surface area contributed by atoms with Crippen LogP contribution in [-0.2, 0) is 9.59 Å². The molecule has 5 nitrogen and oxygen atoms in total. The topological polar surface area (TPSA) is 61.4 Å². The van der Waals surface area contributed by atoms with Crippen LogP contribution in [0.5, 0.6) is 0 Å². The fourth-order valence-electron chi connectivity index (χ4n) is 3.83. The van der Waals surface area contributed by atoms with Crippen LogP contribution in [0.25, 0.3) is 0 Å². The third-order valence-corrected chi connectivity index (χ3v) is 6.69. The molecule has 0 bridgehead atoms. The summed E-state index contributed by atoms with van der Waals surface area (Å²) >= 11 is 2.05. The number of hydrogen-bond donors (Lipinski definition) is 2. The fraction of sp³-hybridized carbons (Fsp3) is 0.600. The Morgan fingerprint density at radius 3 is 2.42 bits per heavy atom. The highest BCUT2D eigenvalue weighted by Gasteiger charge is 2.27. The number of anilines is 1. The van der Waals surface area contributed by atoms with Gasteiger partial charge in [0.1, 0.15) is 0 Å². The van der Waals surface area contributed by atoms with Crippen molar-refractivity contribution in [2.45, 2.75) is 39.2 Å². The van der Waals surface area contributed by atoms with E-state index in [4.69, 9.17) is 0 Å². The van der Waals surface area contributed by atoms with Gasteiger partial charge in [-0.1, -0.05) is 18.2 Å². The molecule has 1 aromatic carbocycles. The van der Waals surface area contributed by atoms with Crippen LogP contribution in [0.15, 0.2) is 18.2 Å². The summed E-state index contributed by atoms with van der Waals surface area (Å²) in [4.78, 5) is 26.9. The predicted molar refractivity (Wildman–Crippen MR) is 108 cm³/mol. The highest BCUT2D eigenvalue weighted by atomic mass is 32.2. The van der Waals surface area contributed by atoms with E-state index in [-0.39, 0.29) is 0 Å². The predicted octanol–water partition coefficient (Wildman–Crippen LogP) is 2.58. The van der Waals surface area contributed by atoms with Crippen molar-refractivity contribution in [3.8, 4) is 0 Å². The van der Waals surface area contributed by atoms with Crippen LogP contribution in [-0.4, -0.2) is 53.9 Å². The SMILES string of the molecule is Cc1cccc(C)c1NC(=O)C(=O)NCC1CCN(C2CCSC2)CC1. The number of amides is 2. The first kappa shape index (κ1) is 19.2. The second-order valence-electron chi connectivity index (χ2n) is 7.43. The molecule has 0 radical (unpaired) electrons. The van der Waals surface area contributed by atoms with E-state index in [0.717, 1.165) is 48.8 Å². The van der Waals surface area contributed by atoms with Crippen LogP contribution < -0.4 is 10.6 Å². The van der Waals surface area contributed by atoms with Gasteiger partial charge in [-0.3, -0.25) is 14.5 Å². The molecule has 26 heavy (non-hydrogen) atoms. The molecule has 0 aromatic heterocycles. The lowest BCUT2D eigenvalue weighted by molar-refractivity contribution is -0.136. The van der Waals surface area contributed by atoms with Gasteiger partial charge in [0.05, 0.1) is 0 Å². The standard InChI is InChI=1S/C20H29N3O2S/c1-14-4-3-5-15(2)18(14)22-20(25)19(24)21-12-16-6-9-23(10-7-16)17-8-11-26-13-17/h3-5,16-17H,6-13H2,1-2H3,(H,21,24)(H,22,25). The van der Waals surface area contributed by atoms with Gasteiger partial charge in [-0.15, -0.1) is 0 Å². The smallest absolute Gasteiger partial charge is 0.313 e. The van der Waals surface area contributed by atoms with Gasteiger partial charge in [0.25, 0.3) is 0 Å². The molecule has 0 aliphatic carbocycles. The Morgan fingerprint density at radius 1 is 1.12 bits per heavy atom. The lowest BCUT2D eigenvalue weighted by Crippen LogP contribution is -2.45. The van der Waals surface area contributed by atoms with Crippen molar-refractivity contribution >= 4 is 29.3 Å². The van der Waals surface area contributed by atoms with Crippen LogP contribution in [0.3, 0.4) is 0 Å². The Kier molecular flexibility index (Phi) is 6.59. The Labute approximate surface area is 160 Å². The molecule has 2 heterocycles. The lowest BCUT2D eigenvalue weighted by Gasteiger charge is -2.35. The zero-order chi connectivity index (χ0) is 18.5. The van der Waals surface area contributed by atoms with Crippen molar-refractivity contribution in [3.05, 3.63) is 29.3 Å². The third kappa shape index (κ3) is 4.80. The van der Waals surface area contributed by atoms with E-state index >= 15 is 0 Å². The molecule has 2 fully saturated rings. The highest BCUT2D eigenvalue weighted by molar-refractivity contribution is 7.99. The van der Waals surface area contributed by atoms with E-state index in [1.165, 1.54) is 17.9 Å². The number of thioether (sulfide) groups is 1. The Bertz CT molecular complexity index is 630. The van der Waals surface area contributed by atoms with Gasteiger partial charge >= 0.3 is 11.8 Å². The minimum absolute atomic E-state index is 0.470. The molecule has 2 saturated heterocycles. The van der Waals surface area contributed by atoms with Crippen LogP contribution in [0.1, 0.15) is 30.4 Å². The molecular weight excluding hydrogens is 346 g/mol. The molecular formula is C20H29N3O2S. The Balaban J connectivity index is 1.42. The monoisotopic (exact) mass is 375 g/mol. The number of carbonyl (C=O) groups is 2. The second-order valence-corrected chi connectivity index (χ2v) is 8.58. The average Bonchev–Trinajstić information content (AvgIpc) is 3.18. The summed E-state index contributed by atoms with van der Waals surface area (Å²) in [5, 5.41) is 5.57. The van der Waals surface area contributed by atoms with E-state index in [2.05, 4.69) is 27.3 Å². The van der Waals surface area contributed by atoms with Crippen molar-refractivity contribution < 1.29 is 9.59 Å². The first-order chi connectivity index (χ1) is 12.5. The van der Waals surface area contributed by atoms with Gasteiger partial charge in [0.2, 0.25) is 0 Å². The van der Waals surface area contributed by atoms with Crippen molar-refractivity contribution in [3.63, 3.8) is 0 Å². The normalized spacial score (nSPS) is 21.5. The summed E-state index contributed by atoms with van der Waals surface area (Å²) < 4.78 is 0. The molecule has 6 heteroatoms. The molecule has 2 aliphatic heterocycles. The molecule has 1 unspecified atom stereocenters. The van der Waals surface area contributed by atoms with Crippen molar-refractivity contribution in [1.29, 1.82) is 0 Å². The molecule has 0 spiro atoms. The lowest BCUT2D eigenvalue weighted by atomic mass is 9.95. The fourth-order valence-corrected chi connectivity index (χ4v) is 5.09. The number of likely N-dealkylation sites (tertiary alicyclic amines) is 1. The summed E-state index contributed by atoms with van der Waals surface area (Å²) in [5.41, 5.74) is 2.66. The van der Waals surface area contributed by atoms with Crippen molar-refractivity contribution in [2.24, 2.45) is 5.92 Å². The van der Waals surface area contributed by atoms with Crippen molar-refractivity contribution in [2.75, 3.05) is 36.5 Å². The first-order valence-electron chi connectivity index (χ1n) is 9.52. The number of para-hydroxylation sites is 1. The molecule has 2 aliphatic rings. The first-order valence-corrected chi connectivity index (χ1v) is 10.7. The van der Waals surface area contributed by atoms with Gasteiger partial charge < -0.3 is 10.6 Å². The van der Waals surface area contributed by atoms with E-state index in [1.807, 2.05) is 32.0 Å². The van der Waals surface area contributed by atoms with Gasteiger partial charge in [-0.2, -0.15) is 11.8 Å². The number of carbonyl (C=O) groups excluding carboxylic acids is 2. The molecule has 1 atom stereocenters. The molecule has 3 rings (SSSR count). The molecule has 2 N–H and O–H groups in total. The van der Waals surface area contributed by atoms with Gasteiger partial charge in [0.15, 0.2) is 0 Å². The maximum absolute atomic E-state index is 12.2. The van der Waals surface area contributed by atoms with E-state index < -0.39 is 11.8 Å². The maximum atomic E-state index is 12.2. The van der Waals surface area contributed by atoms with Crippen LogP contribution in [0.2, 0.25) is 0 Å². The minimum atomic E-state index is -0.581. The molecule has 142 valence electrons. The Hall–Kier alpha value is -1.53. The molecule has 2 amide bonds. The molecule has 0 saturated carbocycles. The van der Waals surface area contributed by atoms with Crippen LogP contribution >= 0.6 is 11.8 Å². The highest BCUT2D eigenvalue weighted by Crippen LogP contribution is 2.26. The van der Waals surface area contributed by atoms with Gasteiger partial charge in [0, 0.05) is 24.0 Å².